The van der Waals surface area contributed by atoms with E-state index in [1.165, 1.54) is 12.1 Å². The minimum Gasteiger partial charge on any atom is -0.507 e. The van der Waals surface area contributed by atoms with Crippen LogP contribution in [0, 0.1) is 0 Å². The van der Waals surface area contributed by atoms with E-state index in [9.17, 15) is 9.90 Å². The third-order valence-corrected chi connectivity index (χ3v) is 2.09. The van der Waals surface area contributed by atoms with Crippen LogP contribution in [0.4, 0.5) is 0 Å². The van der Waals surface area contributed by atoms with Gasteiger partial charge in [0.2, 0.25) is 0 Å². The number of aromatic hydroxyl groups is 1. The van der Waals surface area contributed by atoms with Crippen LogP contribution in [0.2, 0.25) is 0 Å². The number of benzene rings is 1. The molecule has 1 aromatic rings. The van der Waals surface area contributed by atoms with Crippen molar-refractivity contribution in [1.82, 2.24) is 5.32 Å². The fraction of sp³-hybridized carbons (Fsp3) is 0.417. The molecule has 1 rings (SSSR count). The molecule has 2 N–H and O–H groups in total. The number of phenolic OH excluding ortho intramolecular Hbond substituents is 1. The van der Waals surface area contributed by atoms with Crippen molar-refractivity contribution >= 4 is 5.97 Å². The highest BCUT2D eigenvalue weighted by atomic mass is 16.6. The summed E-state index contributed by atoms with van der Waals surface area (Å²) >= 11 is 0. The molecule has 0 radical (unpaired) electrons. The lowest BCUT2D eigenvalue weighted by molar-refractivity contribution is 0.0264. The second-order valence-corrected chi connectivity index (χ2v) is 3.52. The summed E-state index contributed by atoms with van der Waals surface area (Å²) in [5, 5.41) is 12.5. The third kappa shape index (κ3) is 3.55. The number of hydrogen-bond donors (Lipinski definition) is 2. The van der Waals surface area contributed by atoms with E-state index >= 15 is 0 Å². The summed E-state index contributed by atoms with van der Waals surface area (Å²) in [6.45, 7) is 4.58. The molecule has 4 heteroatoms. The molecule has 1 unspecified atom stereocenters. The maximum atomic E-state index is 11.6. The topological polar surface area (TPSA) is 58.6 Å². The Balaban J connectivity index is 2.56. The average Bonchev–Trinajstić information content (AvgIpc) is 2.26. The van der Waals surface area contributed by atoms with Gasteiger partial charge in [0.25, 0.3) is 0 Å². The number of carbonyl (C=O) groups is 1. The Morgan fingerprint density at radius 3 is 2.81 bits per heavy atom. The molecule has 0 spiro atoms. The molecule has 4 nitrogen and oxygen atoms in total. The molecule has 0 fully saturated rings. The second kappa shape index (κ2) is 6.12. The van der Waals surface area contributed by atoms with Crippen LogP contribution in [0.25, 0.3) is 0 Å². The van der Waals surface area contributed by atoms with Gasteiger partial charge in [-0.05, 0) is 32.0 Å². The van der Waals surface area contributed by atoms with Gasteiger partial charge in [0.15, 0.2) is 6.23 Å². The minimum atomic E-state index is -0.519. The molecule has 16 heavy (non-hydrogen) atoms. The van der Waals surface area contributed by atoms with Gasteiger partial charge in [-0.1, -0.05) is 19.1 Å². The van der Waals surface area contributed by atoms with Gasteiger partial charge in [-0.2, -0.15) is 0 Å². The largest absolute Gasteiger partial charge is 0.507 e. The van der Waals surface area contributed by atoms with Crippen molar-refractivity contribution in [3.63, 3.8) is 0 Å². The summed E-state index contributed by atoms with van der Waals surface area (Å²) in [4.78, 5) is 11.6. The Morgan fingerprint density at radius 1 is 1.50 bits per heavy atom. The Labute approximate surface area is 95.2 Å². The molecule has 0 bridgehead atoms. The Kier molecular flexibility index (Phi) is 4.79. The lowest BCUT2D eigenvalue weighted by Crippen LogP contribution is -2.31. The van der Waals surface area contributed by atoms with E-state index in [1.807, 2.05) is 6.92 Å². The predicted octanol–water partition coefficient (Wildman–Crippen LogP) is 1.89. The molecule has 1 aromatic carbocycles. The van der Waals surface area contributed by atoms with Crippen molar-refractivity contribution in [2.75, 3.05) is 6.54 Å². The number of phenols is 1. The van der Waals surface area contributed by atoms with Gasteiger partial charge in [-0.3, -0.25) is 5.32 Å². The molecule has 0 heterocycles. The molecular formula is C12H17NO3. The van der Waals surface area contributed by atoms with Crippen molar-refractivity contribution in [3.05, 3.63) is 29.8 Å². The maximum absolute atomic E-state index is 11.6. The van der Waals surface area contributed by atoms with Crippen molar-refractivity contribution in [1.29, 1.82) is 0 Å². The fourth-order valence-electron chi connectivity index (χ4n) is 1.26. The normalized spacial score (nSPS) is 12.1. The zero-order valence-electron chi connectivity index (χ0n) is 9.56. The van der Waals surface area contributed by atoms with Crippen molar-refractivity contribution < 1.29 is 14.6 Å². The number of hydrogen-bond acceptors (Lipinski definition) is 4. The first kappa shape index (κ1) is 12.5. The van der Waals surface area contributed by atoms with Gasteiger partial charge in [-0.15, -0.1) is 0 Å². The number of esters is 1. The standard InChI is InChI=1S/C12H17NO3/c1-3-8-13-9(2)16-12(15)10-6-4-5-7-11(10)14/h4-7,9,13-14H,3,8H2,1-2H3. The van der Waals surface area contributed by atoms with Gasteiger partial charge < -0.3 is 9.84 Å². The number of nitrogens with one attached hydrogen (secondary N) is 1. The lowest BCUT2D eigenvalue weighted by atomic mass is 10.2. The Bertz CT molecular complexity index is 352. The molecule has 0 aliphatic carbocycles. The predicted molar refractivity (Wildman–Crippen MR) is 61.3 cm³/mol. The molecule has 0 saturated carbocycles. The van der Waals surface area contributed by atoms with Crippen LogP contribution >= 0.6 is 0 Å². The van der Waals surface area contributed by atoms with E-state index in [-0.39, 0.29) is 17.5 Å². The number of ether oxygens (including phenoxy) is 1. The van der Waals surface area contributed by atoms with Crippen LogP contribution in [0.1, 0.15) is 30.6 Å². The van der Waals surface area contributed by atoms with E-state index in [0.29, 0.717) is 0 Å². The molecule has 0 aliphatic rings. The summed E-state index contributed by atoms with van der Waals surface area (Å²) in [6.07, 6.45) is 0.616. The Hall–Kier alpha value is -1.55. The van der Waals surface area contributed by atoms with Crippen molar-refractivity contribution in [2.45, 2.75) is 26.5 Å². The SMILES string of the molecule is CCCNC(C)OC(=O)c1ccccc1O. The lowest BCUT2D eigenvalue weighted by Gasteiger charge is -2.14. The van der Waals surface area contributed by atoms with Gasteiger partial charge >= 0.3 is 5.97 Å². The highest BCUT2D eigenvalue weighted by Gasteiger charge is 2.14. The van der Waals surface area contributed by atoms with E-state index in [0.717, 1.165) is 13.0 Å². The molecule has 1 atom stereocenters. The minimum absolute atomic E-state index is 0.0600. The molecular weight excluding hydrogens is 206 g/mol. The quantitative estimate of drug-likeness (QED) is 0.591. The summed E-state index contributed by atoms with van der Waals surface area (Å²) < 4.78 is 5.11. The molecule has 0 amide bonds. The highest BCUT2D eigenvalue weighted by molar-refractivity contribution is 5.92. The van der Waals surface area contributed by atoms with Crippen LogP contribution in [0.5, 0.6) is 5.75 Å². The first-order chi connectivity index (χ1) is 7.65. The van der Waals surface area contributed by atoms with E-state index < -0.39 is 5.97 Å². The van der Waals surface area contributed by atoms with E-state index in [2.05, 4.69) is 5.32 Å². The van der Waals surface area contributed by atoms with Gasteiger partial charge in [0.05, 0.1) is 0 Å². The van der Waals surface area contributed by atoms with Crippen molar-refractivity contribution in [3.8, 4) is 5.75 Å². The second-order valence-electron chi connectivity index (χ2n) is 3.52. The fourth-order valence-corrected chi connectivity index (χ4v) is 1.26. The highest BCUT2D eigenvalue weighted by Crippen LogP contribution is 2.16. The van der Waals surface area contributed by atoms with Crippen LogP contribution in [-0.4, -0.2) is 23.8 Å². The summed E-state index contributed by atoms with van der Waals surface area (Å²) in [5.41, 5.74) is 0.188. The van der Waals surface area contributed by atoms with Crippen LogP contribution in [-0.2, 0) is 4.74 Å². The first-order valence-electron chi connectivity index (χ1n) is 5.37. The molecule has 88 valence electrons. The third-order valence-electron chi connectivity index (χ3n) is 2.09. The van der Waals surface area contributed by atoms with E-state index in [1.54, 1.807) is 19.1 Å². The van der Waals surface area contributed by atoms with Gasteiger partial charge in [0.1, 0.15) is 11.3 Å². The maximum Gasteiger partial charge on any atom is 0.343 e. The van der Waals surface area contributed by atoms with Crippen LogP contribution in [0.3, 0.4) is 0 Å². The number of carbonyl (C=O) groups excluding carboxylic acids is 1. The van der Waals surface area contributed by atoms with Crippen molar-refractivity contribution in [2.24, 2.45) is 0 Å². The molecule has 0 aromatic heterocycles. The summed E-state index contributed by atoms with van der Waals surface area (Å²) in [5.74, 6) is -0.579. The zero-order chi connectivity index (χ0) is 12.0. The first-order valence-corrected chi connectivity index (χ1v) is 5.37. The number of para-hydroxylation sites is 1. The summed E-state index contributed by atoms with van der Waals surface area (Å²) in [7, 11) is 0. The molecule has 0 aliphatic heterocycles. The summed E-state index contributed by atoms with van der Waals surface area (Å²) in [6, 6.07) is 6.33. The average molecular weight is 223 g/mol. The van der Waals surface area contributed by atoms with Gasteiger partial charge in [0, 0.05) is 0 Å². The number of rotatable bonds is 5. The Morgan fingerprint density at radius 2 is 2.19 bits per heavy atom. The van der Waals surface area contributed by atoms with Gasteiger partial charge in [-0.25, -0.2) is 4.79 Å². The van der Waals surface area contributed by atoms with Crippen LogP contribution < -0.4 is 5.32 Å². The molecule has 0 saturated heterocycles. The van der Waals surface area contributed by atoms with Crippen LogP contribution in [0.15, 0.2) is 24.3 Å². The smallest absolute Gasteiger partial charge is 0.343 e. The van der Waals surface area contributed by atoms with E-state index in [4.69, 9.17) is 4.74 Å². The zero-order valence-corrected chi connectivity index (χ0v) is 9.56. The monoisotopic (exact) mass is 223 g/mol.